The molecule has 0 aliphatic heterocycles. The minimum absolute atomic E-state index is 0.0857. The third kappa shape index (κ3) is 2.54. The van der Waals surface area contributed by atoms with Crippen LogP contribution >= 0.6 is 0 Å². The zero-order chi connectivity index (χ0) is 13.9. The average molecular weight is 269 g/mol. The Morgan fingerprint density at radius 3 is 3.10 bits per heavy atom. The minimum Gasteiger partial charge on any atom is -0.352 e. The fraction of sp³-hybridized carbons (Fsp3) is 0.214. The Hall–Kier alpha value is -2.63. The normalized spacial score (nSPS) is 10.8. The van der Waals surface area contributed by atoms with E-state index >= 15 is 0 Å². The number of benzene rings is 1. The zero-order valence-electron chi connectivity index (χ0n) is 11.1. The molecule has 3 aromatic rings. The second kappa shape index (κ2) is 5.16. The fourth-order valence-electron chi connectivity index (χ4n) is 2.08. The molecule has 0 radical (unpaired) electrons. The van der Waals surface area contributed by atoms with Crippen LogP contribution in [0.2, 0.25) is 0 Å². The van der Waals surface area contributed by atoms with Crippen LogP contribution in [0.5, 0.6) is 0 Å². The van der Waals surface area contributed by atoms with Gasteiger partial charge in [-0.25, -0.2) is 4.98 Å². The summed E-state index contributed by atoms with van der Waals surface area (Å²) in [6.45, 7) is 0.566. The lowest BCUT2D eigenvalue weighted by Crippen LogP contribution is -2.25. The number of aromatic amines is 1. The van der Waals surface area contributed by atoms with Crippen molar-refractivity contribution in [2.24, 2.45) is 7.05 Å². The molecule has 0 aliphatic rings. The summed E-state index contributed by atoms with van der Waals surface area (Å²) in [5.74, 6) is -0.0857. The van der Waals surface area contributed by atoms with Crippen LogP contribution in [-0.4, -0.2) is 32.2 Å². The van der Waals surface area contributed by atoms with Gasteiger partial charge in [0.25, 0.3) is 5.91 Å². The highest BCUT2D eigenvalue weighted by molar-refractivity contribution is 5.97. The summed E-state index contributed by atoms with van der Waals surface area (Å²) < 4.78 is 1.75. The molecule has 0 unspecified atom stereocenters. The van der Waals surface area contributed by atoms with E-state index in [9.17, 15) is 4.79 Å². The standard InChI is InChI=1S/C14H15N5O/c1-19-7-5-11(18-19)4-6-15-14(20)10-2-3-12-13(8-10)17-9-16-12/h2-3,5,7-9H,4,6H2,1H3,(H,15,20)(H,16,17). The Labute approximate surface area is 115 Å². The van der Waals surface area contributed by atoms with E-state index < -0.39 is 0 Å². The lowest BCUT2D eigenvalue weighted by molar-refractivity contribution is 0.0954. The minimum atomic E-state index is -0.0857. The number of aromatic nitrogens is 4. The Morgan fingerprint density at radius 1 is 1.40 bits per heavy atom. The summed E-state index contributed by atoms with van der Waals surface area (Å²) in [4.78, 5) is 19.2. The molecule has 102 valence electrons. The Balaban J connectivity index is 1.61. The van der Waals surface area contributed by atoms with Gasteiger partial charge in [0.2, 0.25) is 0 Å². The van der Waals surface area contributed by atoms with Crippen molar-refractivity contribution in [3.63, 3.8) is 0 Å². The number of amides is 1. The fourth-order valence-corrected chi connectivity index (χ4v) is 2.08. The van der Waals surface area contributed by atoms with Crippen molar-refractivity contribution in [1.29, 1.82) is 0 Å². The molecule has 2 N–H and O–H groups in total. The van der Waals surface area contributed by atoms with Crippen LogP contribution in [0.15, 0.2) is 36.8 Å². The maximum atomic E-state index is 12.0. The monoisotopic (exact) mass is 269 g/mol. The summed E-state index contributed by atoms with van der Waals surface area (Å²) in [6, 6.07) is 7.36. The molecule has 20 heavy (non-hydrogen) atoms. The summed E-state index contributed by atoms with van der Waals surface area (Å²) in [7, 11) is 1.88. The van der Waals surface area contributed by atoms with E-state index in [1.807, 2.05) is 25.4 Å². The molecule has 0 bridgehead atoms. The first-order chi connectivity index (χ1) is 9.72. The SMILES string of the molecule is Cn1ccc(CCNC(=O)c2ccc3nc[nH]c3c2)n1. The van der Waals surface area contributed by atoms with Crippen LogP contribution in [0.4, 0.5) is 0 Å². The van der Waals surface area contributed by atoms with Crippen molar-refractivity contribution >= 4 is 16.9 Å². The maximum absolute atomic E-state index is 12.0. The summed E-state index contributed by atoms with van der Waals surface area (Å²) in [6.07, 6.45) is 4.23. The number of H-pyrrole nitrogens is 1. The maximum Gasteiger partial charge on any atom is 0.251 e. The highest BCUT2D eigenvalue weighted by atomic mass is 16.1. The van der Waals surface area contributed by atoms with Crippen molar-refractivity contribution in [1.82, 2.24) is 25.1 Å². The largest absolute Gasteiger partial charge is 0.352 e. The van der Waals surface area contributed by atoms with Gasteiger partial charge in [-0.1, -0.05) is 0 Å². The second-order valence-electron chi connectivity index (χ2n) is 4.62. The van der Waals surface area contributed by atoms with Gasteiger partial charge in [-0.05, 0) is 24.3 Å². The van der Waals surface area contributed by atoms with Crippen LogP contribution in [0, 0.1) is 0 Å². The smallest absolute Gasteiger partial charge is 0.251 e. The predicted molar refractivity (Wildman–Crippen MR) is 75.3 cm³/mol. The van der Waals surface area contributed by atoms with Gasteiger partial charge in [0.05, 0.1) is 23.1 Å². The van der Waals surface area contributed by atoms with E-state index in [-0.39, 0.29) is 5.91 Å². The summed E-state index contributed by atoms with van der Waals surface area (Å²) in [5.41, 5.74) is 3.32. The molecule has 0 atom stereocenters. The number of nitrogens with zero attached hydrogens (tertiary/aromatic N) is 3. The second-order valence-corrected chi connectivity index (χ2v) is 4.62. The van der Waals surface area contributed by atoms with Gasteiger partial charge in [-0.15, -0.1) is 0 Å². The molecule has 2 heterocycles. The number of aryl methyl sites for hydroxylation is 1. The van der Waals surface area contributed by atoms with Crippen molar-refractivity contribution in [3.05, 3.63) is 48.0 Å². The van der Waals surface area contributed by atoms with Crippen molar-refractivity contribution in [2.45, 2.75) is 6.42 Å². The number of hydrogen-bond acceptors (Lipinski definition) is 3. The third-order valence-corrected chi connectivity index (χ3v) is 3.12. The first-order valence-electron chi connectivity index (χ1n) is 6.42. The quantitative estimate of drug-likeness (QED) is 0.749. The van der Waals surface area contributed by atoms with E-state index in [0.29, 0.717) is 12.1 Å². The van der Waals surface area contributed by atoms with Gasteiger partial charge < -0.3 is 10.3 Å². The number of hydrogen-bond donors (Lipinski definition) is 2. The lowest BCUT2D eigenvalue weighted by Gasteiger charge is -2.04. The molecule has 0 aliphatic carbocycles. The van der Waals surface area contributed by atoms with Gasteiger partial charge in [0.1, 0.15) is 0 Å². The molecule has 3 rings (SSSR count). The average Bonchev–Trinajstić information content (AvgIpc) is 3.06. The lowest BCUT2D eigenvalue weighted by atomic mass is 10.2. The molecule has 2 aromatic heterocycles. The van der Waals surface area contributed by atoms with Crippen molar-refractivity contribution in [3.8, 4) is 0 Å². The Morgan fingerprint density at radius 2 is 2.30 bits per heavy atom. The Kier molecular flexibility index (Phi) is 3.20. The van der Waals surface area contributed by atoms with E-state index in [0.717, 1.165) is 23.1 Å². The summed E-state index contributed by atoms with van der Waals surface area (Å²) >= 11 is 0. The third-order valence-electron chi connectivity index (χ3n) is 3.12. The van der Waals surface area contributed by atoms with Crippen molar-refractivity contribution < 1.29 is 4.79 Å². The van der Waals surface area contributed by atoms with E-state index in [4.69, 9.17) is 0 Å². The van der Waals surface area contributed by atoms with Crippen LogP contribution in [0.3, 0.4) is 0 Å². The van der Waals surface area contributed by atoms with Gasteiger partial charge >= 0.3 is 0 Å². The number of fused-ring (bicyclic) bond motifs is 1. The molecule has 0 saturated carbocycles. The number of rotatable bonds is 4. The topological polar surface area (TPSA) is 75.6 Å². The van der Waals surface area contributed by atoms with Crippen LogP contribution < -0.4 is 5.32 Å². The first-order valence-corrected chi connectivity index (χ1v) is 6.42. The highest BCUT2D eigenvalue weighted by Gasteiger charge is 2.07. The highest BCUT2D eigenvalue weighted by Crippen LogP contribution is 2.11. The van der Waals surface area contributed by atoms with Gasteiger partial charge in [-0.2, -0.15) is 5.10 Å². The summed E-state index contributed by atoms with van der Waals surface area (Å²) in [5, 5.41) is 7.16. The molecule has 0 fully saturated rings. The number of carbonyl (C=O) groups is 1. The number of carbonyl (C=O) groups excluding carboxylic acids is 1. The molecule has 1 aromatic carbocycles. The van der Waals surface area contributed by atoms with E-state index in [2.05, 4.69) is 20.4 Å². The van der Waals surface area contributed by atoms with Crippen LogP contribution in [0.1, 0.15) is 16.1 Å². The molecule has 0 spiro atoms. The van der Waals surface area contributed by atoms with Gasteiger partial charge in [-0.3, -0.25) is 9.48 Å². The first kappa shape index (κ1) is 12.4. The molecular formula is C14H15N5O. The van der Waals surface area contributed by atoms with Crippen LogP contribution in [-0.2, 0) is 13.5 Å². The Bertz CT molecular complexity index is 743. The molecule has 1 amide bonds. The number of nitrogens with one attached hydrogen (secondary N) is 2. The van der Waals surface area contributed by atoms with Crippen LogP contribution in [0.25, 0.3) is 11.0 Å². The number of imidazole rings is 1. The molecule has 6 heteroatoms. The predicted octanol–water partition coefficient (Wildman–Crippen LogP) is 1.27. The zero-order valence-corrected chi connectivity index (χ0v) is 11.1. The van der Waals surface area contributed by atoms with E-state index in [1.165, 1.54) is 0 Å². The van der Waals surface area contributed by atoms with Gasteiger partial charge in [0, 0.05) is 31.8 Å². The van der Waals surface area contributed by atoms with Gasteiger partial charge in [0.15, 0.2) is 0 Å². The molecule has 6 nitrogen and oxygen atoms in total. The van der Waals surface area contributed by atoms with Crippen molar-refractivity contribution in [2.75, 3.05) is 6.54 Å². The molecule has 0 saturated heterocycles. The molecular weight excluding hydrogens is 254 g/mol. The van der Waals surface area contributed by atoms with E-state index in [1.54, 1.807) is 23.1 Å².